The predicted octanol–water partition coefficient (Wildman–Crippen LogP) is 5.19. The molecule has 0 aliphatic heterocycles. The van der Waals surface area contributed by atoms with Crippen LogP contribution >= 0.6 is 12.6 Å². The molecule has 0 aromatic heterocycles. The minimum atomic E-state index is 0.833. The summed E-state index contributed by atoms with van der Waals surface area (Å²) in [6.45, 7) is 0. The third-order valence-electron chi connectivity index (χ3n) is 8.73. The van der Waals surface area contributed by atoms with Gasteiger partial charge in [-0.3, -0.25) is 0 Å². The summed E-state index contributed by atoms with van der Waals surface area (Å²) < 4.78 is 0. The van der Waals surface area contributed by atoms with Crippen LogP contribution in [0.2, 0.25) is 0 Å². The fourth-order valence-corrected chi connectivity index (χ4v) is 8.78. The summed E-state index contributed by atoms with van der Waals surface area (Å²) in [6, 6.07) is 0. The third-order valence-corrected chi connectivity index (χ3v) is 9.05. The van der Waals surface area contributed by atoms with Crippen LogP contribution in [0.3, 0.4) is 0 Å². The van der Waals surface area contributed by atoms with Gasteiger partial charge < -0.3 is 0 Å². The number of rotatable bonds is 4. The first-order chi connectivity index (χ1) is 9.85. The van der Waals surface area contributed by atoms with Crippen molar-refractivity contribution >= 4 is 12.6 Å². The molecule has 5 aliphatic rings. The van der Waals surface area contributed by atoms with E-state index < -0.39 is 0 Å². The molecule has 20 heavy (non-hydrogen) atoms. The fourth-order valence-electron chi connectivity index (χ4n) is 8.56. The number of unbranched alkanes of at least 4 members (excludes halogenated alkanes) is 1. The number of thiol groups is 1. The van der Waals surface area contributed by atoms with Gasteiger partial charge in [-0.25, -0.2) is 0 Å². The molecular weight excluding hydrogens is 260 g/mol. The minimum absolute atomic E-state index is 0.833. The van der Waals surface area contributed by atoms with Gasteiger partial charge in [-0.15, -0.1) is 0 Å². The van der Waals surface area contributed by atoms with Gasteiger partial charge in [0.1, 0.15) is 0 Å². The molecule has 1 heteroatoms. The van der Waals surface area contributed by atoms with E-state index in [-0.39, 0.29) is 0 Å². The van der Waals surface area contributed by atoms with Gasteiger partial charge in [0.25, 0.3) is 0 Å². The van der Waals surface area contributed by atoms with Gasteiger partial charge in [-0.1, -0.05) is 12.8 Å². The van der Waals surface area contributed by atoms with Crippen molar-refractivity contribution in [1.29, 1.82) is 0 Å². The van der Waals surface area contributed by atoms with E-state index in [2.05, 4.69) is 12.6 Å². The van der Waals surface area contributed by atoms with E-state index in [1.54, 1.807) is 51.4 Å². The van der Waals surface area contributed by atoms with E-state index in [0.29, 0.717) is 0 Å². The molecule has 112 valence electrons. The zero-order valence-corrected chi connectivity index (χ0v) is 13.7. The van der Waals surface area contributed by atoms with Gasteiger partial charge in [0.15, 0.2) is 0 Å². The summed E-state index contributed by atoms with van der Waals surface area (Å²) in [6.07, 6.45) is 15.7. The zero-order valence-electron chi connectivity index (χ0n) is 12.8. The number of fused-ring (bicyclic) bond motifs is 12. The number of hydrogen-bond acceptors (Lipinski definition) is 1. The van der Waals surface area contributed by atoms with Crippen molar-refractivity contribution in [2.75, 3.05) is 5.75 Å². The first-order valence-electron chi connectivity index (χ1n) is 9.46. The Bertz CT molecular complexity index is 405. The Hall–Kier alpha value is 0.350. The summed E-state index contributed by atoms with van der Waals surface area (Å²) >= 11 is 4.44. The van der Waals surface area contributed by atoms with E-state index in [1.165, 1.54) is 48.3 Å². The van der Waals surface area contributed by atoms with E-state index >= 15 is 0 Å². The van der Waals surface area contributed by atoms with Crippen LogP contribution in [0.1, 0.15) is 64.2 Å². The molecule has 4 bridgehead atoms. The highest BCUT2D eigenvalue weighted by Gasteiger charge is 2.70. The van der Waals surface area contributed by atoms with Crippen LogP contribution < -0.4 is 0 Å². The van der Waals surface area contributed by atoms with E-state index in [4.69, 9.17) is 0 Å². The Balaban J connectivity index is 1.45. The molecular formula is C19H30S. The van der Waals surface area contributed by atoms with Crippen LogP contribution in [0.15, 0.2) is 0 Å². The summed E-state index contributed by atoms with van der Waals surface area (Å²) in [4.78, 5) is 0. The quantitative estimate of drug-likeness (QED) is 0.411. The van der Waals surface area contributed by atoms with E-state index in [9.17, 15) is 0 Å². The molecule has 0 spiro atoms. The molecule has 8 atom stereocenters. The predicted molar refractivity (Wildman–Crippen MR) is 86.9 cm³/mol. The van der Waals surface area contributed by atoms with E-state index in [0.717, 1.165) is 17.1 Å². The maximum absolute atomic E-state index is 4.44. The molecule has 0 amide bonds. The molecule has 5 saturated carbocycles. The highest BCUT2D eigenvalue weighted by molar-refractivity contribution is 7.80. The molecule has 0 nitrogen and oxygen atoms in total. The van der Waals surface area contributed by atoms with Crippen LogP contribution in [0.25, 0.3) is 0 Å². The first kappa shape index (κ1) is 12.9. The minimum Gasteiger partial charge on any atom is -0.179 e. The molecule has 5 rings (SSSR count). The lowest BCUT2D eigenvalue weighted by molar-refractivity contribution is -0.00829. The summed E-state index contributed by atoms with van der Waals surface area (Å²) in [5, 5.41) is 0. The first-order valence-corrected chi connectivity index (χ1v) is 10.1. The molecule has 0 radical (unpaired) electrons. The molecule has 0 heterocycles. The SMILES string of the molecule is SCCCCC12CCCC1C1CC2C2C3CCC(C3)C12. The van der Waals surface area contributed by atoms with Gasteiger partial charge in [0, 0.05) is 0 Å². The molecule has 5 aliphatic carbocycles. The van der Waals surface area contributed by atoms with Gasteiger partial charge in [-0.2, -0.15) is 12.6 Å². The molecule has 0 saturated heterocycles. The second kappa shape index (κ2) is 4.43. The van der Waals surface area contributed by atoms with Crippen molar-refractivity contribution in [3.63, 3.8) is 0 Å². The molecule has 8 unspecified atom stereocenters. The second-order valence-corrected chi connectivity index (χ2v) is 9.35. The average Bonchev–Trinajstić information content (AvgIpc) is 3.21. The maximum Gasteiger partial charge on any atom is -0.00979 e. The van der Waals surface area contributed by atoms with Crippen LogP contribution in [-0.4, -0.2) is 5.75 Å². The van der Waals surface area contributed by atoms with Gasteiger partial charge in [-0.05, 0) is 104 Å². The summed E-state index contributed by atoms with van der Waals surface area (Å²) in [7, 11) is 0. The van der Waals surface area contributed by atoms with Crippen LogP contribution in [0, 0.1) is 46.8 Å². The molecule has 0 aromatic rings. The standard InChI is InChI=1S/C19H30S/c20-9-2-1-7-19-8-3-4-15(19)14-11-16(19)18-13-6-5-12(10-13)17(14)18/h12-18,20H,1-11H2. The summed E-state index contributed by atoms with van der Waals surface area (Å²) in [5.41, 5.74) is 0.833. The molecule has 0 aromatic carbocycles. The molecule has 5 fully saturated rings. The van der Waals surface area contributed by atoms with Crippen molar-refractivity contribution in [2.24, 2.45) is 46.8 Å². The Morgan fingerprint density at radius 2 is 1.75 bits per heavy atom. The second-order valence-electron chi connectivity index (χ2n) is 8.91. The highest BCUT2D eigenvalue weighted by atomic mass is 32.1. The Morgan fingerprint density at radius 3 is 2.60 bits per heavy atom. The smallest absolute Gasteiger partial charge is 0.00979 e. The van der Waals surface area contributed by atoms with Crippen LogP contribution in [0.4, 0.5) is 0 Å². The average molecular weight is 291 g/mol. The number of hydrogen-bond donors (Lipinski definition) is 1. The van der Waals surface area contributed by atoms with Crippen molar-refractivity contribution in [3.05, 3.63) is 0 Å². The Morgan fingerprint density at radius 1 is 0.900 bits per heavy atom. The third kappa shape index (κ3) is 1.42. The largest absolute Gasteiger partial charge is 0.179 e. The summed E-state index contributed by atoms with van der Waals surface area (Å²) in [5.74, 6) is 9.36. The lowest BCUT2D eigenvalue weighted by Gasteiger charge is -2.49. The lowest BCUT2D eigenvalue weighted by Crippen LogP contribution is -2.43. The van der Waals surface area contributed by atoms with Crippen molar-refractivity contribution < 1.29 is 0 Å². The van der Waals surface area contributed by atoms with E-state index in [1.807, 2.05) is 0 Å². The van der Waals surface area contributed by atoms with Crippen molar-refractivity contribution in [1.82, 2.24) is 0 Å². The van der Waals surface area contributed by atoms with Crippen molar-refractivity contribution in [2.45, 2.75) is 64.2 Å². The highest BCUT2D eigenvalue weighted by Crippen LogP contribution is 2.77. The zero-order chi connectivity index (χ0) is 13.3. The molecule has 0 N–H and O–H groups in total. The van der Waals surface area contributed by atoms with Crippen molar-refractivity contribution in [3.8, 4) is 0 Å². The van der Waals surface area contributed by atoms with Crippen LogP contribution in [0.5, 0.6) is 0 Å². The normalized spacial score (nSPS) is 58.4. The van der Waals surface area contributed by atoms with Gasteiger partial charge in [0.05, 0.1) is 0 Å². The monoisotopic (exact) mass is 290 g/mol. The van der Waals surface area contributed by atoms with Crippen LogP contribution in [-0.2, 0) is 0 Å². The van der Waals surface area contributed by atoms with Gasteiger partial charge in [0.2, 0.25) is 0 Å². The maximum atomic E-state index is 4.44. The fraction of sp³-hybridized carbons (Fsp3) is 1.00. The van der Waals surface area contributed by atoms with Gasteiger partial charge >= 0.3 is 0 Å². The Kier molecular flexibility index (Phi) is 2.85. The Labute approximate surface area is 129 Å². The topological polar surface area (TPSA) is 0 Å². The lowest BCUT2D eigenvalue weighted by atomic mass is 9.56.